The fraction of sp³-hybridized carbons (Fsp3) is 0.308. The number of carbonyl (C=O) groups is 1. The average Bonchev–Trinajstić information content (AvgIpc) is 2.69. The van der Waals surface area contributed by atoms with Gasteiger partial charge in [-0.1, -0.05) is 17.7 Å². The van der Waals surface area contributed by atoms with Crippen molar-refractivity contribution in [1.82, 2.24) is 0 Å². The summed E-state index contributed by atoms with van der Waals surface area (Å²) < 4.78 is 9.81. The molecule has 16 heavy (non-hydrogen) atoms. The summed E-state index contributed by atoms with van der Waals surface area (Å²) >= 11 is 0. The molecular formula is C13H14O3. The van der Waals surface area contributed by atoms with Crippen molar-refractivity contribution in [2.45, 2.75) is 12.8 Å². The van der Waals surface area contributed by atoms with Crippen molar-refractivity contribution in [2.75, 3.05) is 14.2 Å². The van der Waals surface area contributed by atoms with E-state index in [0.29, 0.717) is 6.42 Å². The summed E-state index contributed by atoms with van der Waals surface area (Å²) in [5.74, 6) is 0.653. The van der Waals surface area contributed by atoms with Crippen LogP contribution in [0.5, 0.6) is 5.75 Å². The molecule has 0 spiro atoms. The predicted octanol–water partition coefficient (Wildman–Crippen LogP) is 2.20. The van der Waals surface area contributed by atoms with Crippen LogP contribution in [-0.4, -0.2) is 20.2 Å². The summed E-state index contributed by atoms with van der Waals surface area (Å²) in [5.41, 5.74) is 3.47. The Morgan fingerprint density at radius 3 is 2.88 bits per heavy atom. The number of carbonyl (C=O) groups excluding carboxylic acids is 1. The first-order chi connectivity index (χ1) is 7.72. The highest BCUT2D eigenvalue weighted by molar-refractivity contribution is 5.77. The van der Waals surface area contributed by atoms with Gasteiger partial charge in [-0.05, 0) is 29.7 Å². The highest BCUT2D eigenvalue weighted by Gasteiger charge is 2.15. The van der Waals surface area contributed by atoms with E-state index in [4.69, 9.17) is 4.74 Å². The molecule has 0 aromatic heterocycles. The number of rotatable bonds is 3. The second kappa shape index (κ2) is 4.39. The van der Waals surface area contributed by atoms with Crippen LogP contribution in [0.25, 0.3) is 6.08 Å². The lowest BCUT2D eigenvalue weighted by molar-refractivity contribution is -0.139. The minimum atomic E-state index is -0.189. The maximum Gasteiger partial charge on any atom is 0.309 e. The molecule has 0 saturated heterocycles. The minimum Gasteiger partial charge on any atom is -0.497 e. The van der Waals surface area contributed by atoms with Gasteiger partial charge in [-0.25, -0.2) is 0 Å². The van der Waals surface area contributed by atoms with Crippen molar-refractivity contribution in [2.24, 2.45) is 0 Å². The highest BCUT2D eigenvalue weighted by atomic mass is 16.5. The van der Waals surface area contributed by atoms with Gasteiger partial charge in [-0.3, -0.25) is 4.79 Å². The zero-order valence-electron chi connectivity index (χ0n) is 9.45. The molecular weight excluding hydrogens is 204 g/mol. The number of ether oxygens (including phenoxy) is 2. The van der Waals surface area contributed by atoms with E-state index in [2.05, 4.69) is 4.74 Å². The van der Waals surface area contributed by atoms with Crippen LogP contribution in [0.15, 0.2) is 23.8 Å². The van der Waals surface area contributed by atoms with Crippen LogP contribution in [0.3, 0.4) is 0 Å². The first kappa shape index (κ1) is 10.7. The van der Waals surface area contributed by atoms with E-state index in [1.807, 2.05) is 24.3 Å². The van der Waals surface area contributed by atoms with Gasteiger partial charge in [0.05, 0.1) is 20.6 Å². The van der Waals surface area contributed by atoms with Gasteiger partial charge >= 0.3 is 5.97 Å². The molecule has 1 aromatic carbocycles. The monoisotopic (exact) mass is 218 g/mol. The van der Waals surface area contributed by atoms with E-state index in [0.717, 1.165) is 23.3 Å². The van der Waals surface area contributed by atoms with Crippen LogP contribution in [0.4, 0.5) is 0 Å². The third kappa shape index (κ3) is 2.08. The zero-order valence-corrected chi connectivity index (χ0v) is 9.45. The lowest BCUT2D eigenvalue weighted by Gasteiger charge is -2.02. The number of fused-ring (bicyclic) bond motifs is 1. The Kier molecular flexibility index (Phi) is 2.95. The number of benzene rings is 1. The third-order valence-electron chi connectivity index (χ3n) is 2.73. The van der Waals surface area contributed by atoms with Crippen molar-refractivity contribution in [3.63, 3.8) is 0 Å². The number of methoxy groups -OCH3 is 2. The summed E-state index contributed by atoms with van der Waals surface area (Å²) in [4.78, 5) is 11.2. The molecule has 0 atom stereocenters. The standard InChI is InChI=1S/C13H14O3/c1-15-12-4-3-10-5-9(6-11(10)8-12)7-13(14)16-2/h3-4,6,8H,5,7H2,1-2H3. The molecule has 0 unspecified atom stereocenters. The molecule has 0 radical (unpaired) electrons. The van der Waals surface area contributed by atoms with E-state index in [1.54, 1.807) is 7.11 Å². The maximum atomic E-state index is 11.2. The average molecular weight is 218 g/mol. The van der Waals surface area contributed by atoms with Crippen molar-refractivity contribution in [3.8, 4) is 5.75 Å². The minimum absolute atomic E-state index is 0.189. The molecule has 2 rings (SSSR count). The maximum absolute atomic E-state index is 11.2. The molecule has 0 aliphatic heterocycles. The van der Waals surface area contributed by atoms with Gasteiger partial charge < -0.3 is 9.47 Å². The second-order valence-electron chi connectivity index (χ2n) is 3.80. The van der Waals surface area contributed by atoms with Crippen LogP contribution in [0.1, 0.15) is 17.5 Å². The van der Waals surface area contributed by atoms with Gasteiger partial charge in [-0.15, -0.1) is 0 Å². The third-order valence-corrected chi connectivity index (χ3v) is 2.73. The SMILES string of the molecule is COC(=O)CC1=Cc2cc(OC)ccc2C1. The molecule has 0 amide bonds. The molecule has 84 valence electrons. The van der Waals surface area contributed by atoms with Crippen molar-refractivity contribution < 1.29 is 14.3 Å². The number of esters is 1. The quantitative estimate of drug-likeness (QED) is 0.729. The van der Waals surface area contributed by atoms with E-state index in [9.17, 15) is 4.79 Å². The van der Waals surface area contributed by atoms with E-state index in [1.165, 1.54) is 12.7 Å². The predicted molar refractivity (Wildman–Crippen MR) is 61.3 cm³/mol. The molecule has 0 N–H and O–H groups in total. The van der Waals surface area contributed by atoms with Crippen LogP contribution >= 0.6 is 0 Å². The summed E-state index contributed by atoms with van der Waals surface area (Å²) in [6, 6.07) is 5.96. The Hall–Kier alpha value is -1.77. The van der Waals surface area contributed by atoms with Crippen molar-refractivity contribution >= 4 is 12.0 Å². The Labute approximate surface area is 94.7 Å². The molecule has 1 aliphatic rings. The highest BCUT2D eigenvalue weighted by Crippen LogP contribution is 2.29. The Bertz CT molecular complexity index is 446. The van der Waals surface area contributed by atoms with Crippen LogP contribution in [0, 0.1) is 0 Å². The van der Waals surface area contributed by atoms with Crippen molar-refractivity contribution in [1.29, 1.82) is 0 Å². The summed E-state index contributed by atoms with van der Waals surface area (Å²) in [5, 5.41) is 0. The van der Waals surface area contributed by atoms with E-state index >= 15 is 0 Å². The number of hydrogen-bond acceptors (Lipinski definition) is 3. The lowest BCUT2D eigenvalue weighted by atomic mass is 10.1. The molecule has 0 bridgehead atoms. The molecule has 0 fully saturated rings. The topological polar surface area (TPSA) is 35.5 Å². The largest absolute Gasteiger partial charge is 0.497 e. The Balaban J connectivity index is 2.16. The number of hydrogen-bond donors (Lipinski definition) is 0. The molecule has 1 aromatic rings. The molecule has 1 aliphatic carbocycles. The zero-order chi connectivity index (χ0) is 11.5. The summed E-state index contributed by atoms with van der Waals surface area (Å²) in [7, 11) is 3.06. The van der Waals surface area contributed by atoms with Gasteiger partial charge in [-0.2, -0.15) is 0 Å². The summed E-state index contributed by atoms with van der Waals surface area (Å²) in [6.45, 7) is 0. The van der Waals surface area contributed by atoms with Crippen molar-refractivity contribution in [3.05, 3.63) is 34.9 Å². The van der Waals surface area contributed by atoms with Gasteiger partial charge in [0.2, 0.25) is 0 Å². The van der Waals surface area contributed by atoms with E-state index < -0.39 is 0 Å². The molecule has 0 heterocycles. The molecule has 0 saturated carbocycles. The lowest BCUT2D eigenvalue weighted by Crippen LogP contribution is -2.01. The van der Waals surface area contributed by atoms with Gasteiger partial charge in [0.25, 0.3) is 0 Å². The Morgan fingerprint density at radius 1 is 1.38 bits per heavy atom. The van der Waals surface area contributed by atoms with E-state index in [-0.39, 0.29) is 5.97 Å². The Morgan fingerprint density at radius 2 is 2.19 bits per heavy atom. The van der Waals surface area contributed by atoms with Crippen LogP contribution in [-0.2, 0) is 16.0 Å². The second-order valence-corrected chi connectivity index (χ2v) is 3.80. The summed E-state index contributed by atoms with van der Waals surface area (Å²) in [6.07, 6.45) is 3.23. The normalized spacial score (nSPS) is 13.0. The molecule has 3 nitrogen and oxygen atoms in total. The first-order valence-corrected chi connectivity index (χ1v) is 5.16. The van der Waals surface area contributed by atoms with Gasteiger partial charge in [0, 0.05) is 0 Å². The first-order valence-electron chi connectivity index (χ1n) is 5.16. The molecule has 3 heteroatoms. The van der Waals surface area contributed by atoms with Crippen LogP contribution < -0.4 is 4.74 Å². The smallest absolute Gasteiger partial charge is 0.309 e. The fourth-order valence-electron chi connectivity index (χ4n) is 1.88. The van der Waals surface area contributed by atoms with Gasteiger partial charge in [0.15, 0.2) is 0 Å². The van der Waals surface area contributed by atoms with Gasteiger partial charge in [0.1, 0.15) is 5.75 Å². The fourth-order valence-corrected chi connectivity index (χ4v) is 1.88. The van der Waals surface area contributed by atoms with Crippen LogP contribution in [0.2, 0.25) is 0 Å².